The average Bonchev–Trinajstić information content (AvgIpc) is 3.06. The zero-order chi connectivity index (χ0) is 20.3. The Morgan fingerprint density at radius 1 is 1.18 bits per heavy atom. The summed E-state index contributed by atoms with van der Waals surface area (Å²) in [6, 6.07) is 10.1. The van der Waals surface area contributed by atoms with Gasteiger partial charge in [0.05, 0.1) is 13.7 Å². The second-order valence-electron chi connectivity index (χ2n) is 5.76. The molecule has 1 heterocycles. The van der Waals surface area contributed by atoms with Crippen molar-refractivity contribution in [3.8, 4) is 11.5 Å². The van der Waals surface area contributed by atoms with Crippen LogP contribution in [0.4, 0.5) is 0 Å². The highest BCUT2D eigenvalue weighted by Gasteiger charge is 2.22. The number of nitrogens with two attached hydrogens (primary N) is 1. The summed E-state index contributed by atoms with van der Waals surface area (Å²) in [7, 11) is 1.47. The monoisotopic (exact) mass is 419 g/mol. The molecule has 2 aromatic carbocycles. The van der Waals surface area contributed by atoms with Crippen LogP contribution >= 0.6 is 22.9 Å². The number of ether oxygens (including phenoxy) is 3. The van der Waals surface area contributed by atoms with Crippen LogP contribution in [0.3, 0.4) is 0 Å². The zero-order valence-corrected chi connectivity index (χ0v) is 16.9. The summed E-state index contributed by atoms with van der Waals surface area (Å²) >= 11 is 7.68. The minimum Gasteiger partial charge on any atom is -0.493 e. The van der Waals surface area contributed by atoms with E-state index in [2.05, 4.69) is 0 Å². The molecule has 0 unspecified atom stereocenters. The summed E-state index contributed by atoms with van der Waals surface area (Å²) in [5.74, 6) is -0.215. The van der Waals surface area contributed by atoms with Crippen molar-refractivity contribution in [2.75, 3.05) is 13.7 Å². The van der Waals surface area contributed by atoms with Crippen LogP contribution in [0.1, 0.15) is 32.5 Å². The third-order valence-corrected chi connectivity index (χ3v) is 5.54. The average molecular weight is 420 g/mol. The fraction of sp³-hybridized carbons (Fsp3) is 0.200. The van der Waals surface area contributed by atoms with E-state index >= 15 is 0 Å². The molecule has 0 radical (unpaired) electrons. The van der Waals surface area contributed by atoms with E-state index in [0.29, 0.717) is 32.5 Å². The highest BCUT2D eigenvalue weighted by molar-refractivity contribution is 7.21. The van der Waals surface area contributed by atoms with E-state index < -0.39 is 11.9 Å². The Kier molecular flexibility index (Phi) is 6.06. The minimum atomic E-state index is -0.565. The molecule has 0 bridgehead atoms. The van der Waals surface area contributed by atoms with Gasteiger partial charge in [0.1, 0.15) is 11.5 Å². The van der Waals surface area contributed by atoms with Gasteiger partial charge in [-0.3, -0.25) is 4.79 Å². The largest absolute Gasteiger partial charge is 0.493 e. The number of carbonyl (C=O) groups excluding carboxylic acids is 2. The Labute approximate surface area is 170 Å². The second-order valence-corrected chi connectivity index (χ2v) is 7.22. The number of fused-ring (bicyclic) bond motifs is 1. The van der Waals surface area contributed by atoms with Crippen LogP contribution in [-0.2, 0) is 11.3 Å². The van der Waals surface area contributed by atoms with Gasteiger partial charge in [0.2, 0.25) is 5.91 Å². The molecule has 0 saturated carbocycles. The fourth-order valence-corrected chi connectivity index (χ4v) is 4.23. The lowest BCUT2D eigenvalue weighted by molar-refractivity contribution is 0.0529. The third-order valence-electron chi connectivity index (χ3n) is 4.04. The standard InChI is InChI=1S/C20H18ClNO5S/c1-3-26-20(24)18-12(17-13(21)5-4-6-16(17)28-18)10-27-14-8-7-11(19(22)23)9-15(14)25-2/h4-9H,3,10H2,1-2H3,(H2,22,23). The van der Waals surface area contributed by atoms with Crippen LogP contribution in [0.2, 0.25) is 5.02 Å². The summed E-state index contributed by atoms with van der Waals surface area (Å²) in [6.07, 6.45) is 0. The molecule has 0 fully saturated rings. The molecule has 146 valence electrons. The van der Waals surface area contributed by atoms with Crippen molar-refractivity contribution < 1.29 is 23.8 Å². The zero-order valence-electron chi connectivity index (χ0n) is 15.3. The molecular formula is C20H18ClNO5S. The summed E-state index contributed by atoms with van der Waals surface area (Å²) in [5.41, 5.74) is 6.25. The summed E-state index contributed by atoms with van der Waals surface area (Å²) in [4.78, 5) is 24.2. The number of thiophene rings is 1. The molecule has 2 N–H and O–H groups in total. The molecule has 3 rings (SSSR count). The van der Waals surface area contributed by atoms with Crippen LogP contribution < -0.4 is 15.2 Å². The lowest BCUT2D eigenvalue weighted by Crippen LogP contribution is -2.11. The molecule has 3 aromatic rings. The van der Waals surface area contributed by atoms with Crippen molar-refractivity contribution >= 4 is 44.9 Å². The minimum absolute atomic E-state index is 0.0736. The van der Waals surface area contributed by atoms with E-state index in [1.54, 1.807) is 25.1 Å². The maximum Gasteiger partial charge on any atom is 0.348 e. The van der Waals surface area contributed by atoms with Gasteiger partial charge in [0.25, 0.3) is 0 Å². The maximum absolute atomic E-state index is 12.4. The van der Waals surface area contributed by atoms with Crippen LogP contribution in [0.15, 0.2) is 36.4 Å². The number of hydrogen-bond acceptors (Lipinski definition) is 6. The van der Waals surface area contributed by atoms with Crippen molar-refractivity contribution in [2.24, 2.45) is 5.73 Å². The van der Waals surface area contributed by atoms with Gasteiger partial charge in [0.15, 0.2) is 11.5 Å². The normalized spacial score (nSPS) is 10.7. The van der Waals surface area contributed by atoms with Crippen LogP contribution in [0.5, 0.6) is 11.5 Å². The molecule has 1 aromatic heterocycles. The third kappa shape index (κ3) is 3.90. The highest BCUT2D eigenvalue weighted by Crippen LogP contribution is 2.38. The molecule has 0 spiro atoms. The van der Waals surface area contributed by atoms with Gasteiger partial charge in [-0.15, -0.1) is 11.3 Å². The lowest BCUT2D eigenvalue weighted by atomic mass is 10.1. The number of halogens is 1. The Hall–Kier alpha value is -2.77. The van der Waals surface area contributed by atoms with Gasteiger partial charge in [-0.2, -0.15) is 0 Å². The molecule has 0 saturated heterocycles. The van der Waals surface area contributed by atoms with Crippen molar-refractivity contribution in [3.63, 3.8) is 0 Å². The van der Waals surface area contributed by atoms with Gasteiger partial charge in [-0.1, -0.05) is 17.7 Å². The first-order valence-corrected chi connectivity index (χ1v) is 9.63. The lowest BCUT2D eigenvalue weighted by Gasteiger charge is -2.12. The quantitative estimate of drug-likeness (QED) is 0.573. The number of benzene rings is 2. The van der Waals surface area contributed by atoms with Crippen LogP contribution in [0, 0.1) is 0 Å². The van der Waals surface area contributed by atoms with Crippen molar-refractivity contribution in [1.82, 2.24) is 0 Å². The summed E-state index contributed by atoms with van der Waals surface area (Å²) in [6.45, 7) is 2.09. The number of primary amides is 1. The molecule has 0 aliphatic rings. The SMILES string of the molecule is CCOC(=O)c1sc2cccc(Cl)c2c1COc1ccc(C(N)=O)cc1OC. The van der Waals surface area contributed by atoms with Crippen LogP contribution in [0.25, 0.3) is 10.1 Å². The fourth-order valence-electron chi connectivity index (χ4n) is 2.76. The number of hydrogen-bond donors (Lipinski definition) is 1. The predicted octanol–water partition coefficient (Wildman–Crippen LogP) is 4.42. The van der Waals surface area contributed by atoms with Crippen LogP contribution in [-0.4, -0.2) is 25.6 Å². The van der Waals surface area contributed by atoms with E-state index in [1.165, 1.54) is 24.5 Å². The number of amides is 1. The molecule has 1 amide bonds. The first-order valence-electron chi connectivity index (χ1n) is 8.43. The summed E-state index contributed by atoms with van der Waals surface area (Å²) < 4.78 is 17.2. The molecule has 28 heavy (non-hydrogen) atoms. The van der Waals surface area contributed by atoms with E-state index in [9.17, 15) is 9.59 Å². The van der Waals surface area contributed by atoms with Gasteiger partial charge >= 0.3 is 5.97 Å². The van der Waals surface area contributed by atoms with E-state index in [0.717, 1.165) is 10.1 Å². The van der Waals surface area contributed by atoms with Gasteiger partial charge < -0.3 is 19.9 Å². The molecule has 6 nitrogen and oxygen atoms in total. The number of esters is 1. The molecule has 0 aliphatic heterocycles. The first kappa shape index (κ1) is 20.0. The maximum atomic E-state index is 12.4. The topological polar surface area (TPSA) is 87.9 Å². The second kappa shape index (κ2) is 8.50. The predicted molar refractivity (Wildman–Crippen MR) is 109 cm³/mol. The van der Waals surface area contributed by atoms with Crippen molar-refractivity contribution in [1.29, 1.82) is 0 Å². The number of methoxy groups -OCH3 is 1. The number of carbonyl (C=O) groups is 2. The first-order chi connectivity index (χ1) is 13.5. The highest BCUT2D eigenvalue weighted by atomic mass is 35.5. The molecule has 8 heteroatoms. The van der Waals surface area contributed by atoms with Crippen molar-refractivity contribution in [2.45, 2.75) is 13.5 Å². The number of rotatable bonds is 7. The van der Waals surface area contributed by atoms with Gasteiger partial charge in [-0.05, 0) is 37.3 Å². The van der Waals surface area contributed by atoms with Gasteiger partial charge in [0, 0.05) is 26.2 Å². The molecule has 0 atom stereocenters. The summed E-state index contributed by atoms with van der Waals surface area (Å²) in [5, 5.41) is 1.28. The molecular weight excluding hydrogens is 402 g/mol. The molecule has 0 aliphatic carbocycles. The van der Waals surface area contributed by atoms with E-state index in [1.807, 2.05) is 12.1 Å². The Balaban J connectivity index is 1.99. The smallest absolute Gasteiger partial charge is 0.348 e. The Morgan fingerprint density at radius 3 is 2.64 bits per heavy atom. The van der Waals surface area contributed by atoms with Gasteiger partial charge in [-0.25, -0.2) is 4.79 Å². The van der Waals surface area contributed by atoms with E-state index in [4.69, 9.17) is 31.5 Å². The van der Waals surface area contributed by atoms with Crippen molar-refractivity contribution in [3.05, 3.63) is 57.4 Å². The van der Waals surface area contributed by atoms with E-state index in [-0.39, 0.29) is 13.2 Å². The Bertz CT molecular complexity index is 1050. The Morgan fingerprint density at radius 2 is 1.96 bits per heavy atom.